The van der Waals surface area contributed by atoms with Gasteiger partial charge in [0.25, 0.3) is 11.8 Å². The monoisotopic (exact) mass is 1170 g/mol. The maximum Gasteiger partial charge on any atom is 0.508 e. The molecule has 0 N–H and O–H groups in total. The van der Waals surface area contributed by atoms with Crippen molar-refractivity contribution in [2.75, 3.05) is 72.2 Å². The molecule has 0 spiro atoms. The number of amides is 2. The van der Waals surface area contributed by atoms with Gasteiger partial charge in [0.2, 0.25) is 0 Å². The number of hydrogen-bond donors (Lipinski definition) is 0. The van der Waals surface area contributed by atoms with Gasteiger partial charge in [-0.3, -0.25) is 14.5 Å². The van der Waals surface area contributed by atoms with E-state index in [9.17, 15) is 14.4 Å². The van der Waals surface area contributed by atoms with Crippen molar-refractivity contribution in [3.8, 4) is 0 Å². The van der Waals surface area contributed by atoms with Crippen LogP contribution in [0.15, 0.2) is 104 Å². The number of aryl methyl sites for hydroxylation is 3. The van der Waals surface area contributed by atoms with Gasteiger partial charge in [-0.25, -0.2) is 4.79 Å². The van der Waals surface area contributed by atoms with Crippen LogP contribution < -0.4 is 19.6 Å². The molecule has 9 rings (SSSR count). The minimum atomic E-state index is -0.847. The number of imide groups is 1. The SMILES string of the molecule is CC(C)c1cccc(C(C)C)c1N1C=CN(c2c(C(C)C)cccc2C(C)C)[CH-]1.Cc1cc(C)c(N2C=CN(CCOC(=O)OCCN3C(=O)c4cccc5c(N6CCOCC6)ccc(c45)C3=O)[CH-]2)c(C)c1.[Au]. The molecule has 5 aromatic carbocycles. The smallest absolute Gasteiger partial charge is 0.505 e. The fraction of sp³-hybridized carbons (Fsp3) is 0.383. The van der Waals surface area contributed by atoms with Crippen molar-refractivity contribution in [1.82, 2.24) is 9.80 Å². The van der Waals surface area contributed by atoms with Crippen molar-refractivity contribution in [2.45, 2.75) is 99.8 Å². The summed E-state index contributed by atoms with van der Waals surface area (Å²) in [5.41, 5.74) is 14.9. The molecule has 4 aliphatic rings. The van der Waals surface area contributed by atoms with E-state index in [1.54, 1.807) is 12.1 Å². The largest absolute Gasteiger partial charge is 0.508 e. The van der Waals surface area contributed by atoms with Crippen LogP contribution in [0.5, 0.6) is 0 Å². The van der Waals surface area contributed by atoms with Crippen molar-refractivity contribution in [1.29, 1.82) is 0 Å². The van der Waals surface area contributed by atoms with E-state index >= 15 is 0 Å². The van der Waals surface area contributed by atoms with E-state index in [1.165, 1.54) is 50.3 Å². The number of nitrogens with zero attached hydrogens (tertiary/aromatic N) is 6. The Bertz CT molecular complexity index is 2700. The molecule has 1 saturated heterocycles. The second-order valence-electron chi connectivity index (χ2n) is 20.4. The molecule has 4 aliphatic heterocycles. The third kappa shape index (κ3) is 11.8. The van der Waals surface area contributed by atoms with Crippen molar-refractivity contribution in [2.24, 2.45) is 0 Å². The van der Waals surface area contributed by atoms with E-state index in [0.717, 1.165) is 34.8 Å². The molecule has 0 saturated carbocycles. The van der Waals surface area contributed by atoms with E-state index < -0.39 is 18.0 Å². The standard InChI is InChI=1S/C33H35N4O6.C27H37N2.Au/c1-22-19-23(2)30(24(3)20-22)36-10-9-34(21-36)11-17-42-33(40)43-18-14-37-31(38)26-6-4-5-25-28(35-12-15-41-16-13-35)8-7-27(29(25)26)32(37)39;1-18(2)22-11-9-12-23(19(3)4)26(22)28-15-16-29(17-28)27-24(20(5)6)13-10-14-25(27)21(7)8;/h4-10,19-21H,11-18H2,1-3H3;9-21H,1-8H3;/q2*-1;. The van der Waals surface area contributed by atoms with Crippen LogP contribution in [0.3, 0.4) is 0 Å². The van der Waals surface area contributed by atoms with Crippen LogP contribution in [-0.2, 0) is 36.6 Å². The van der Waals surface area contributed by atoms with E-state index in [4.69, 9.17) is 14.2 Å². The molecule has 1 fully saturated rings. The molecule has 1 radical (unpaired) electrons. The molecule has 2 amide bonds. The Morgan fingerprint density at radius 2 is 1.05 bits per heavy atom. The molecule has 13 heteroatoms. The second-order valence-corrected chi connectivity index (χ2v) is 20.4. The van der Waals surface area contributed by atoms with Crippen LogP contribution in [-0.4, -0.2) is 80.4 Å². The van der Waals surface area contributed by atoms with Crippen LogP contribution >= 0.6 is 0 Å². The van der Waals surface area contributed by atoms with Crippen molar-refractivity contribution >= 4 is 51.5 Å². The Balaban J connectivity index is 0.000000228. The number of hydrogen-bond acceptors (Lipinski definition) is 11. The fourth-order valence-electron chi connectivity index (χ4n) is 10.4. The van der Waals surface area contributed by atoms with Gasteiger partial charge in [-0.05, 0) is 121 Å². The molecular weight excluding hydrogens is 1100 g/mol. The summed E-state index contributed by atoms with van der Waals surface area (Å²) in [4.78, 5) is 51.0. The summed E-state index contributed by atoms with van der Waals surface area (Å²) in [6, 6.07) is 27.0. The Labute approximate surface area is 449 Å². The zero-order valence-electron chi connectivity index (χ0n) is 44.4. The van der Waals surface area contributed by atoms with Crippen molar-refractivity contribution in [3.05, 3.63) is 167 Å². The summed E-state index contributed by atoms with van der Waals surface area (Å²) in [5.74, 6) is 1.11. The van der Waals surface area contributed by atoms with Gasteiger partial charge in [-0.15, -0.1) is 6.67 Å². The minimum absolute atomic E-state index is 0. The van der Waals surface area contributed by atoms with Crippen LogP contribution in [0, 0.1) is 34.1 Å². The summed E-state index contributed by atoms with van der Waals surface area (Å²) in [6.07, 6.45) is 7.48. The average molecular weight is 1170 g/mol. The average Bonchev–Trinajstić information content (AvgIpc) is 4.04. The number of carbonyl (C=O) groups excluding carboxylic acids is 3. The molecule has 0 atom stereocenters. The Morgan fingerprint density at radius 1 is 0.589 bits per heavy atom. The first-order valence-corrected chi connectivity index (χ1v) is 25.6. The third-order valence-electron chi connectivity index (χ3n) is 13.8. The Kier molecular flexibility index (Phi) is 17.9. The Morgan fingerprint density at radius 3 is 1.58 bits per heavy atom. The van der Waals surface area contributed by atoms with Crippen molar-refractivity contribution < 1.29 is 51.0 Å². The zero-order chi connectivity index (χ0) is 51.4. The van der Waals surface area contributed by atoms with E-state index in [2.05, 4.69) is 163 Å². The number of morpholine rings is 1. The fourth-order valence-corrected chi connectivity index (χ4v) is 10.4. The third-order valence-corrected chi connectivity index (χ3v) is 13.8. The zero-order valence-corrected chi connectivity index (χ0v) is 46.5. The molecule has 73 heavy (non-hydrogen) atoms. The quantitative estimate of drug-likeness (QED) is 0.0460. The topological polar surface area (TPSA) is 98.3 Å². The van der Waals surface area contributed by atoms with Crippen LogP contribution in [0.4, 0.5) is 27.5 Å². The van der Waals surface area contributed by atoms with Crippen molar-refractivity contribution in [3.63, 3.8) is 0 Å². The number of benzene rings is 5. The summed E-state index contributed by atoms with van der Waals surface area (Å²) >= 11 is 0. The first kappa shape index (κ1) is 54.7. The van der Waals surface area contributed by atoms with E-state index in [-0.39, 0.29) is 42.1 Å². The minimum Gasteiger partial charge on any atom is -0.505 e. The van der Waals surface area contributed by atoms with Gasteiger partial charge in [0.05, 0.1) is 19.8 Å². The number of ether oxygens (including phenoxy) is 3. The van der Waals surface area contributed by atoms with Gasteiger partial charge < -0.3 is 38.7 Å². The summed E-state index contributed by atoms with van der Waals surface area (Å²) in [6.45, 7) is 31.8. The van der Waals surface area contributed by atoms with Crippen LogP contribution in [0.1, 0.15) is 139 Å². The number of carbonyl (C=O) groups is 3. The normalized spacial score (nSPS) is 15.4. The number of anilines is 4. The molecular formula is C60H72AuN6O6-2. The predicted molar refractivity (Wildman–Crippen MR) is 291 cm³/mol. The molecule has 391 valence electrons. The number of para-hydroxylation sites is 2. The first-order chi connectivity index (χ1) is 34.5. The molecule has 0 aromatic heterocycles. The molecule has 5 aromatic rings. The molecule has 0 bridgehead atoms. The van der Waals surface area contributed by atoms with Gasteiger partial charge in [0.1, 0.15) is 13.2 Å². The maximum absolute atomic E-state index is 13.4. The van der Waals surface area contributed by atoms with Gasteiger partial charge in [0, 0.05) is 86.7 Å². The molecule has 0 unspecified atom stereocenters. The summed E-state index contributed by atoms with van der Waals surface area (Å²) < 4.78 is 15.9. The second kappa shape index (κ2) is 23.9. The summed E-state index contributed by atoms with van der Waals surface area (Å²) in [7, 11) is 0. The van der Waals surface area contributed by atoms with Crippen LogP contribution in [0.2, 0.25) is 0 Å². The Hall–Kier alpha value is -6.05. The van der Waals surface area contributed by atoms with Gasteiger partial charge >= 0.3 is 6.16 Å². The predicted octanol–water partition coefficient (Wildman–Crippen LogP) is 12.9. The van der Waals surface area contributed by atoms with E-state index in [0.29, 0.717) is 59.9 Å². The van der Waals surface area contributed by atoms with Crippen LogP contribution in [0.25, 0.3) is 10.8 Å². The van der Waals surface area contributed by atoms with E-state index in [1.807, 2.05) is 42.2 Å². The molecule has 4 heterocycles. The maximum atomic E-state index is 13.4. The molecule has 0 aliphatic carbocycles. The van der Waals surface area contributed by atoms with Gasteiger partial charge in [-0.1, -0.05) is 122 Å². The van der Waals surface area contributed by atoms with Gasteiger partial charge in [0.15, 0.2) is 0 Å². The first-order valence-electron chi connectivity index (χ1n) is 25.6. The summed E-state index contributed by atoms with van der Waals surface area (Å²) in [5, 5.41) is 1.53. The van der Waals surface area contributed by atoms with Gasteiger partial charge in [-0.2, -0.15) is 6.67 Å². The number of rotatable bonds is 14. The molecule has 12 nitrogen and oxygen atoms in total.